The molecule has 2 aliphatic heterocycles. The van der Waals surface area contributed by atoms with Crippen LogP contribution in [0.15, 0.2) is 42.5 Å². The van der Waals surface area contributed by atoms with Crippen molar-refractivity contribution < 1.29 is 14.4 Å². The minimum absolute atomic E-state index is 0.0161. The zero-order valence-corrected chi connectivity index (χ0v) is 19.1. The molecule has 2 aromatic carbocycles. The molecule has 1 aliphatic carbocycles. The number of amides is 3. The summed E-state index contributed by atoms with van der Waals surface area (Å²) in [6.07, 6.45) is 6.67. The van der Waals surface area contributed by atoms with Gasteiger partial charge in [0.25, 0.3) is 17.7 Å². The Morgan fingerprint density at radius 2 is 1.62 bits per heavy atom. The maximum absolute atomic E-state index is 13.2. The van der Waals surface area contributed by atoms with Crippen molar-refractivity contribution >= 4 is 28.8 Å². The molecule has 0 radical (unpaired) electrons. The van der Waals surface area contributed by atoms with Crippen molar-refractivity contribution in [1.82, 2.24) is 19.8 Å². The van der Waals surface area contributed by atoms with Crippen molar-refractivity contribution in [3.63, 3.8) is 0 Å². The van der Waals surface area contributed by atoms with Gasteiger partial charge in [-0.1, -0.05) is 31.4 Å². The van der Waals surface area contributed by atoms with Gasteiger partial charge in [0.1, 0.15) is 5.82 Å². The minimum atomic E-state index is -0.245. The highest BCUT2D eigenvalue weighted by Gasteiger charge is 2.40. The summed E-state index contributed by atoms with van der Waals surface area (Å²) in [7, 11) is 0. The lowest BCUT2D eigenvalue weighted by Crippen LogP contribution is -2.40. The van der Waals surface area contributed by atoms with Gasteiger partial charge in [-0.05, 0) is 56.0 Å². The van der Waals surface area contributed by atoms with Crippen LogP contribution in [-0.2, 0) is 0 Å². The maximum Gasteiger partial charge on any atom is 0.261 e. The molecule has 0 atom stereocenters. The van der Waals surface area contributed by atoms with Crippen LogP contribution in [0.1, 0.15) is 87.8 Å². The highest BCUT2D eigenvalue weighted by molar-refractivity contribution is 6.22. The molecule has 0 bridgehead atoms. The molecule has 7 heteroatoms. The smallest absolute Gasteiger partial charge is 0.261 e. The number of imidazole rings is 1. The number of fused-ring (bicyclic) bond motifs is 2. The van der Waals surface area contributed by atoms with Gasteiger partial charge in [0.15, 0.2) is 0 Å². The zero-order chi connectivity index (χ0) is 23.2. The average molecular weight is 457 g/mol. The summed E-state index contributed by atoms with van der Waals surface area (Å²) < 4.78 is 0. The van der Waals surface area contributed by atoms with Crippen molar-refractivity contribution in [2.45, 2.75) is 56.9 Å². The highest BCUT2D eigenvalue weighted by Crippen LogP contribution is 2.33. The fourth-order valence-corrected chi connectivity index (χ4v) is 5.77. The SMILES string of the molecule is O=C(c1ccc2c(c1)C(=O)N(C1CCCCC1)C2=O)N1CCC(c2nc3ccccc3[nH]2)CC1. The molecular weight excluding hydrogens is 428 g/mol. The van der Waals surface area contributed by atoms with Crippen molar-refractivity contribution in [3.8, 4) is 0 Å². The summed E-state index contributed by atoms with van der Waals surface area (Å²) in [5.74, 6) is 0.738. The number of hydrogen-bond donors (Lipinski definition) is 1. The number of benzene rings is 2. The second kappa shape index (κ2) is 8.38. The largest absolute Gasteiger partial charge is 0.342 e. The Bertz CT molecular complexity index is 1250. The van der Waals surface area contributed by atoms with E-state index >= 15 is 0 Å². The Morgan fingerprint density at radius 3 is 2.38 bits per heavy atom. The van der Waals surface area contributed by atoms with Gasteiger partial charge in [-0.25, -0.2) is 4.98 Å². The highest BCUT2D eigenvalue weighted by atomic mass is 16.2. The first kappa shape index (κ1) is 21.1. The van der Waals surface area contributed by atoms with Crippen LogP contribution in [-0.4, -0.2) is 56.6 Å². The van der Waals surface area contributed by atoms with E-state index in [-0.39, 0.29) is 23.8 Å². The Morgan fingerprint density at radius 1 is 0.882 bits per heavy atom. The summed E-state index contributed by atoms with van der Waals surface area (Å²) in [6.45, 7) is 1.28. The van der Waals surface area contributed by atoms with Crippen LogP contribution >= 0.6 is 0 Å². The summed E-state index contributed by atoms with van der Waals surface area (Å²) in [6, 6.07) is 13.0. The standard InChI is InChI=1S/C27H28N4O3/c32-25(30-14-12-17(13-15-30)24-28-22-8-4-5-9-23(22)29-24)18-10-11-20-21(16-18)27(34)31(26(20)33)19-6-2-1-3-7-19/h4-5,8-11,16-17,19H,1-3,6-7,12-15H2,(H,28,29). The quantitative estimate of drug-likeness (QED) is 0.588. The predicted molar refractivity (Wildman–Crippen MR) is 128 cm³/mol. The molecule has 7 nitrogen and oxygen atoms in total. The van der Waals surface area contributed by atoms with Crippen LogP contribution < -0.4 is 0 Å². The summed E-state index contributed by atoms with van der Waals surface area (Å²) in [5, 5.41) is 0. The van der Waals surface area contributed by atoms with Gasteiger partial charge in [0.2, 0.25) is 0 Å². The average Bonchev–Trinajstić information content (AvgIpc) is 3.43. The van der Waals surface area contributed by atoms with Crippen LogP contribution in [0.25, 0.3) is 11.0 Å². The summed E-state index contributed by atoms with van der Waals surface area (Å²) in [5.41, 5.74) is 3.29. The number of carbonyl (C=O) groups is 3. The van der Waals surface area contributed by atoms with Crippen molar-refractivity contribution in [1.29, 1.82) is 0 Å². The molecule has 1 N–H and O–H groups in total. The van der Waals surface area contributed by atoms with Gasteiger partial charge >= 0.3 is 0 Å². The molecule has 6 rings (SSSR count). The maximum atomic E-state index is 13.2. The Kier molecular flexibility index (Phi) is 5.20. The molecule has 2 fully saturated rings. The third-order valence-corrected chi connectivity index (χ3v) is 7.68. The van der Waals surface area contributed by atoms with Gasteiger partial charge in [-0.2, -0.15) is 0 Å². The van der Waals surface area contributed by atoms with E-state index in [0.29, 0.717) is 35.7 Å². The lowest BCUT2D eigenvalue weighted by atomic mass is 9.94. The van der Waals surface area contributed by atoms with Gasteiger partial charge in [-0.15, -0.1) is 0 Å². The van der Waals surface area contributed by atoms with E-state index < -0.39 is 0 Å². The summed E-state index contributed by atoms with van der Waals surface area (Å²) in [4.78, 5) is 50.7. The van der Waals surface area contributed by atoms with Crippen LogP contribution in [0, 0.1) is 0 Å². The van der Waals surface area contributed by atoms with Gasteiger partial charge in [0.05, 0.1) is 22.2 Å². The first-order valence-corrected chi connectivity index (χ1v) is 12.4. The molecule has 3 aromatic rings. The predicted octanol–water partition coefficient (Wildman–Crippen LogP) is 4.51. The number of piperidine rings is 1. The molecule has 0 unspecified atom stereocenters. The number of nitrogens with one attached hydrogen (secondary N) is 1. The number of hydrogen-bond acceptors (Lipinski definition) is 4. The number of nitrogens with zero attached hydrogens (tertiary/aromatic N) is 3. The number of para-hydroxylation sites is 2. The lowest BCUT2D eigenvalue weighted by Gasteiger charge is -2.31. The van der Waals surface area contributed by atoms with Crippen LogP contribution in [0.5, 0.6) is 0 Å². The molecular formula is C27H28N4O3. The molecule has 174 valence electrons. The Labute approximate surface area is 198 Å². The van der Waals surface area contributed by atoms with E-state index in [2.05, 4.69) is 4.98 Å². The third-order valence-electron chi connectivity index (χ3n) is 7.68. The number of rotatable bonds is 3. The van der Waals surface area contributed by atoms with Crippen LogP contribution in [0.2, 0.25) is 0 Å². The fourth-order valence-electron chi connectivity index (χ4n) is 5.77. The fraction of sp³-hybridized carbons (Fsp3) is 0.407. The Balaban J connectivity index is 1.15. The van der Waals surface area contributed by atoms with Crippen molar-refractivity contribution in [2.75, 3.05) is 13.1 Å². The first-order chi connectivity index (χ1) is 16.6. The van der Waals surface area contributed by atoms with E-state index in [4.69, 9.17) is 4.98 Å². The number of imide groups is 1. The normalized spacial score (nSPS) is 19.8. The van der Waals surface area contributed by atoms with Crippen LogP contribution in [0.4, 0.5) is 0 Å². The molecule has 34 heavy (non-hydrogen) atoms. The van der Waals surface area contributed by atoms with Gasteiger partial charge in [0, 0.05) is 30.6 Å². The minimum Gasteiger partial charge on any atom is -0.342 e. The number of aromatic amines is 1. The number of carbonyl (C=O) groups excluding carboxylic acids is 3. The van der Waals surface area contributed by atoms with E-state index in [1.54, 1.807) is 18.2 Å². The molecule has 1 aromatic heterocycles. The molecule has 3 amide bonds. The monoisotopic (exact) mass is 456 g/mol. The van der Waals surface area contributed by atoms with E-state index in [9.17, 15) is 14.4 Å². The summed E-state index contributed by atoms with van der Waals surface area (Å²) >= 11 is 0. The topological polar surface area (TPSA) is 86.4 Å². The third kappa shape index (κ3) is 3.50. The molecule has 1 saturated heterocycles. The van der Waals surface area contributed by atoms with Gasteiger partial charge in [-0.3, -0.25) is 19.3 Å². The molecule has 3 aliphatic rings. The van der Waals surface area contributed by atoms with Crippen molar-refractivity contribution in [2.24, 2.45) is 0 Å². The van der Waals surface area contributed by atoms with E-state index in [1.807, 2.05) is 29.2 Å². The number of H-pyrrole nitrogens is 1. The van der Waals surface area contributed by atoms with Crippen LogP contribution in [0.3, 0.4) is 0 Å². The molecule has 1 saturated carbocycles. The second-order valence-corrected chi connectivity index (χ2v) is 9.74. The lowest BCUT2D eigenvalue weighted by molar-refractivity contribution is 0.0548. The molecule has 0 spiro atoms. The molecule has 3 heterocycles. The number of likely N-dealkylation sites (tertiary alicyclic amines) is 1. The van der Waals surface area contributed by atoms with E-state index in [0.717, 1.165) is 61.8 Å². The second-order valence-electron chi connectivity index (χ2n) is 9.74. The zero-order valence-electron chi connectivity index (χ0n) is 19.1. The van der Waals surface area contributed by atoms with Gasteiger partial charge < -0.3 is 9.88 Å². The van der Waals surface area contributed by atoms with Crippen molar-refractivity contribution in [3.05, 3.63) is 65.0 Å². The first-order valence-electron chi connectivity index (χ1n) is 12.4. The number of aromatic nitrogens is 2. The Hall–Kier alpha value is -3.48. The van der Waals surface area contributed by atoms with E-state index in [1.165, 1.54) is 4.90 Å².